The number of carbonyl (C=O) groups is 2. The van der Waals surface area contributed by atoms with E-state index in [0.29, 0.717) is 13.1 Å². The molecule has 0 bridgehead atoms. The number of likely N-dealkylation sites (tertiary alicyclic amines) is 1. The number of carbonyl (C=O) groups excluding carboxylic acids is 2. The average molecular weight is 363 g/mol. The minimum absolute atomic E-state index is 0.0510. The molecule has 1 aromatic carbocycles. The summed E-state index contributed by atoms with van der Waals surface area (Å²) in [6, 6.07) is 9.18. The van der Waals surface area contributed by atoms with Crippen molar-refractivity contribution in [3.05, 3.63) is 35.9 Å². The molecule has 0 radical (unpaired) electrons. The fourth-order valence-electron chi connectivity index (χ4n) is 3.25. The molecule has 2 aliphatic heterocycles. The Bertz CT molecular complexity index is 584. The Morgan fingerprint density at radius 3 is 2.52 bits per heavy atom. The normalized spacial score (nSPS) is 19.7. The molecule has 7 heteroatoms. The van der Waals surface area contributed by atoms with Gasteiger partial charge in [-0.05, 0) is 24.3 Å². The van der Waals surface area contributed by atoms with Crippen LogP contribution in [0.1, 0.15) is 18.4 Å². The van der Waals surface area contributed by atoms with Crippen LogP contribution in [-0.4, -0.2) is 59.1 Å². The Kier molecular flexibility index (Phi) is 6.20. The van der Waals surface area contributed by atoms with Gasteiger partial charge in [-0.25, -0.2) is 4.79 Å². The fraction of sp³-hybridized carbons (Fsp3) is 0.556. The lowest BCUT2D eigenvalue weighted by Gasteiger charge is -2.34. The van der Waals surface area contributed by atoms with Crippen LogP contribution in [0, 0.1) is 5.92 Å². The second-order valence-electron chi connectivity index (χ2n) is 6.53. The van der Waals surface area contributed by atoms with Gasteiger partial charge in [0.1, 0.15) is 6.61 Å². The van der Waals surface area contributed by atoms with E-state index in [2.05, 4.69) is 0 Å². The quantitative estimate of drug-likeness (QED) is 0.884. The number of piperidine rings is 1. The summed E-state index contributed by atoms with van der Waals surface area (Å²) in [6.07, 6.45) is 1.20. The molecule has 2 aliphatic rings. The average Bonchev–Trinajstić information content (AvgIpc) is 3.20. The molecule has 1 unspecified atom stereocenters. The summed E-state index contributed by atoms with van der Waals surface area (Å²) in [5.41, 5.74) is 7.17. The number of rotatable bonds is 4. The number of benzene rings is 1. The SMILES string of the molecule is NC(C(=O)N1CCSC1)C1CCN(C(=O)OCc2ccccc2)CC1. The van der Waals surface area contributed by atoms with E-state index >= 15 is 0 Å². The number of nitrogens with zero attached hydrogens (tertiary/aromatic N) is 2. The zero-order valence-corrected chi connectivity index (χ0v) is 15.1. The maximum Gasteiger partial charge on any atom is 0.410 e. The summed E-state index contributed by atoms with van der Waals surface area (Å²) < 4.78 is 5.37. The first-order chi connectivity index (χ1) is 12.1. The minimum Gasteiger partial charge on any atom is -0.445 e. The molecule has 25 heavy (non-hydrogen) atoms. The van der Waals surface area contributed by atoms with Crippen molar-refractivity contribution < 1.29 is 14.3 Å². The maximum atomic E-state index is 12.4. The highest BCUT2D eigenvalue weighted by Crippen LogP contribution is 2.23. The van der Waals surface area contributed by atoms with Gasteiger partial charge in [-0.1, -0.05) is 30.3 Å². The molecular formula is C18H25N3O3S. The highest BCUT2D eigenvalue weighted by molar-refractivity contribution is 7.99. The van der Waals surface area contributed by atoms with Crippen molar-refractivity contribution in [2.24, 2.45) is 11.7 Å². The van der Waals surface area contributed by atoms with Crippen molar-refractivity contribution in [3.63, 3.8) is 0 Å². The summed E-state index contributed by atoms with van der Waals surface area (Å²) in [6.45, 7) is 2.26. The van der Waals surface area contributed by atoms with Crippen molar-refractivity contribution in [3.8, 4) is 0 Å². The molecule has 3 rings (SSSR count). The first kappa shape index (κ1) is 18.1. The van der Waals surface area contributed by atoms with Crippen molar-refractivity contribution in [2.75, 3.05) is 31.3 Å². The Morgan fingerprint density at radius 2 is 1.88 bits per heavy atom. The molecule has 2 fully saturated rings. The van der Waals surface area contributed by atoms with Gasteiger partial charge >= 0.3 is 6.09 Å². The van der Waals surface area contributed by atoms with Crippen LogP contribution in [0.25, 0.3) is 0 Å². The number of hydrogen-bond acceptors (Lipinski definition) is 5. The number of ether oxygens (including phenoxy) is 1. The Morgan fingerprint density at radius 1 is 1.16 bits per heavy atom. The summed E-state index contributed by atoms with van der Waals surface area (Å²) in [4.78, 5) is 28.1. The molecule has 2 heterocycles. The lowest BCUT2D eigenvalue weighted by molar-refractivity contribution is -0.132. The van der Waals surface area contributed by atoms with Crippen molar-refractivity contribution in [1.29, 1.82) is 0 Å². The van der Waals surface area contributed by atoms with Crippen LogP contribution >= 0.6 is 11.8 Å². The van der Waals surface area contributed by atoms with E-state index in [1.54, 1.807) is 16.7 Å². The van der Waals surface area contributed by atoms with Crippen molar-refractivity contribution in [2.45, 2.75) is 25.5 Å². The van der Waals surface area contributed by atoms with Gasteiger partial charge in [-0.2, -0.15) is 0 Å². The molecule has 6 nitrogen and oxygen atoms in total. The minimum atomic E-state index is -0.457. The van der Waals surface area contributed by atoms with Crippen molar-refractivity contribution in [1.82, 2.24) is 9.80 Å². The zero-order chi connectivity index (χ0) is 17.6. The van der Waals surface area contributed by atoms with Gasteiger partial charge in [-0.15, -0.1) is 11.8 Å². The van der Waals surface area contributed by atoms with Gasteiger partial charge < -0.3 is 20.3 Å². The molecule has 136 valence electrons. The molecule has 1 atom stereocenters. The van der Waals surface area contributed by atoms with Gasteiger partial charge in [0.15, 0.2) is 0 Å². The van der Waals surface area contributed by atoms with E-state index in [1.807, 2.05) is 35.2 Å². The summed E-state index contributed by atoms with van der Waals surface area (Å²) >= 11 is 1.76. The third-order valence-corrected chi connectivity index (χ3v) is 5.83. The molecule has 2 N–H and O–H groups in total. The molecule has 2 saturated heterocycles. The maximum absolute atomic E-state index is 12.4. The van der Waals surface area contributed by atoms with Gasteiger partial charge in [0, 0.05) is 25.4 Å². The third kappa shape index (κ3) is 4.67. The Labute approximate surface area is 152 Å². The number of amides is 2. The molecule has 0 saturated carbocycles. The zero-order valence-electron chi connectivity index (χ0n) is 14.3. The van der Waals surface area contributed by atoms with Crippen LogP contribution < -0.4 is 5.73 Å². The van der Waals surface area contributed by atoms with Gasteiger partial charge in [-0.3, -0.25) is 4.79 Å². The lowest BCUT2D eigenvalue weighted by atomic mass is 9.89. The van der Waals surface area contributed by atoms with E-state index < -0.39 is 6.04 Å². The van der Waals surface area contributed by atoms with Gasteiger partial charge in [0.2, 0.25) is 5.91 Å². The third-order valence-electron chi connectivity index (χ3n) is 4.86. The molecule has 2 amide bonds. The van der Waals surface area contributed by atoms with Crippen LogP contribution in [0.4, 0.5) is 4.79 Å². The highest BCUT2D eigenvalue weighted by Gasteiger charge is 2.33. The fourth-order valence-corrected chi connectivity index (χ4v) is 4.21. The second kappa shape index (κ2) is 8.58. The van der Waals surface area contributed by atoms with E-state index in [9.17, 15) is 9.59 Å². The largest absolute Gasteiger partial charge is 0.445 e. The van der Waals surface area contributed by atoms with Crippen LogP contribution in [0.5, 0.6) is 0 Å². The van der Waals surface area contributed by atoms with E-state index in [-0.39, 0.29) is 24.5 Å². The summed E-state index contributed by atoms with van der Waals surface area (Å²) in [7, 11) is 0. The van der Waals surface area contributed by atoms with Crippen LogP contribution in [0.2, 0.25) is 0 Å². The summed E-state index contributed by atoms with van der Waals surface area (Å²) in [5.74, 6) is 1.92. The predicted octanol–water partition coefficient (Wildman–Crippen LogP) is 1.90. The second-order valence-corrected chi connectivity index (χ2v) is 7.60. The first-order valence-electron chi connectivity index (χ1n) is 8.73. The lowest BCUT2D eigenvalue weighted by Crippen LogP contribution is -2.50. The highest BCUT2D eigenvalue weighted by atomic mass is 32.2. The predicted molar refractivity (Wildman–Crippen MR) is 97.9 cm³/mol. The van der Waals surface area contributed by atoms with Crippen LogP contribution in [-0.2, 0) is 16.1 Å². The topological polar surface area (TPSA) is 75.9 Å². The first-order valence-corrected chi connectivity index (χ1v) is 9.88. The molecule has 0 aliphatic carbocycles. The van der Waals surface area contributed by atoms with E-state index in [0.717, 1.165) is 36.6 Å². The summed E-state index contributed by atoms with van der Waals surface area (Å²) in [5, 5.41) is 0. The monoisotopic (exact) mass is 363 g/mol. The number of thioether (sulfide) groups is 1. The van der Waals surface area contributed by atoms with E-state index in [1.165, 1.54) is 0 Å². The smallest absolute Gasteiger partial charge is 0.410 e. The standard InChI is InChI=1S/C18H25N3O3S/c19-16(17(22)21-10-11-25-13-21)15-6-8-20(9-7-15)18(23)24-12-14-4-2-1-3-5-14/h1-5,15-16H,6-13,19H2. The Hall–Kier alpha value is -1.73. The van der Waals surface area contributed by atoms with Crippen LogP contribution in [0.15, 0.2) is 30.3 Å². The molecule has 1 aromatic rings. The molecule has 0 aromatic heterocycles. The number of hydrogen-bond donors (Lipinski definition) is 1. The molecular weight excluding hydrogens is 338 g/mol. The van der Waals surface area contributed by atoms with Gasteiger partial charge in [0.25, 0.3) is 0 Å². The van der Waals surface area contributed by atoms with Crippen molar-refractivity contribution >= 4 is 23.8 Å². The molecule has 0 spiro atoms. The Balaban J connectivity index is 1.43. The number of nitrogens with two attached hydrogens (primary N) is 1. The van der Waals surface area contributed by atoms with Crippen LogP contribution in [0.3, 0.4) is 0 Å². The van der Waals surface area contributed by atoms with E-state index in [4.69, 9.17) is 10.5 Å². The van der Waals surface area contributed by atoms with Gasteiger partial charge in [0.05, 0.1) is 11.9 Å².